The molecule has 0 unspecified atom stereocenters. The molecule has 2 atom stereocenters. The minimum atomic E-state index is -0.0683. The molecule has 3 heteroatoms. The normalized spacial score (nSPS) is 28.0. The van der Waals surface area contributed by atoms with Gasteiger partial charge in [0, 0.05) is 25.2 Å². The summed E-state index contributed by atoms with van der Waals surface area (Å²) in [6.45, 7) is 3.82. The number of aryl methyl sites for hydroxylation is 1. The lowest BCUT2D eigenvalue weighted by molar-refractivity contribution is 0.282. The highest BCUT2D eigenvalue weighted by atomic mass is 19.1. The molecule has 1 N–H and O–H groups in total. The molecule has 1 aliphatic carbocycles. The van der Waals surface area contributed by atoms with Crippen molar-refractivity contribution in [3.05, 3.63) is 29.6 Å². The van der Waals surface area contributed by atoms with Gasteiger partial charge in [-0.05, 0) is 37.5 Å². The number of fused-ring (bicyclic) bond motifs is 1. The molecule has 1 aromatic rings. The van der Waals surface area contributed by atoms with Crippen molar-refractivity contribution in [1.29, 1.82) is 0 Å². The van der Waals surface area contributed by atoms with E-state index in [9.17, 15) is 4.39 Å². The van der Waals surface area contributed by atoms with Crippen LogP contribution in [0.4, 0.5) is 10.1 Å². The van der Waals surface area contributed by atoms with Crippen molar-refractivity contribution in [2.45, 2.75) is 44.7 Å². The summed E-state index contributed by atoms with van der Waals surface area (Å²) in [6.07, 6.45) is 4.99. The number of piperazine rings is 1. The van der Waals surface area contributed by atoms with E-state index >= 15 is 0 Å². The van der Waals surface area contributed by atoms with Crippen LogP contribution in [-0.2, 0) is 0 Å². The summed E-state index contributed by atoms with van der Waals surface area (Å²) in [5, 5.41) is 3.59. The van der Waals surface area contributed by atoms with Gasteiger partial charge in [-0.1, -0.05) is 18.9 Å². The largest absolute Gasteiger partial charge is 0.363 e. The van der Waals surface area contributed by atoms with E-state index in [1.54, 1.807) is 6.07 Å². The van der Waals surface area contributed by atoms with Crippen molar-refractivity contribution in [2.24, 2.45) is 0 Å². The molecule has 0 amide bonds. The van der Waals surface area contributed by atoms with Crippen LogP contribution in [0.5, 0.6) is 0 Å². The SMILES string of the molecule is Cc1ccc(N2CCN[C@@H]3CCCC[C@H]32)c(F)c1. The Morgan fingerprint density at radius 1 is 1.28 bits per heavy atom. The molecule has 2 fully saturated rings. The molecule has 1 aromatic carbocycles. The van der Waals surface area contributed by atoms with Crippen LogP contribution in [0, 0.1) is 12.7 Å². The van der Waals surface area contributed by atoms with Gasteiger partial charge < -0.3 is 10.2 Å². The van der Waals surface area contributed by atoms with Crippen LogP contribution in [0.15, 0.2) is 18.2 Å². The maximum absolute atomic E-state index is 14.1. The van der Waals surface area contributed by atoms with E-state index in [1.807, 2.05) is 19.1 Å². The Morgan fingerprint density at radius 3 is 2.94 bits per heavy atom. The molecular formula is C15H21FN2. The Morgan fingerprint density at radius 2 is 2.11 bits per heavy atom. The van der Waals surface area contributed by atoms with Crippen LogP contribution in [0.3, 0.4) is 0 Å². The number of nitrogens with zero attached hydrogens (tertiary/aromatic N) is 1. The number of hydrogen-bond donors (Lipinski definition) is 1. The molecule has 1 heterocycles. The second-order valence-corrected chi connectivity index (χ2v) is 5.56. The molecule has 1 aliphatic heterocycles. The zero-order valence-electron chi connectivity index (χ0n) is 11.0. The molecule has 1 saturated heterocycles. The van der Waals surface area contributed by atoms with Gasteiger partial charge in [0.1, 0.15) is 5.82 Å². The van der Waals surface area contributed by atoms with E-state index in [4.69, 9.17) is 0 Å². The van der Waals surface area contributed by atoms with E-state index in [0.717, 1.165) is 24.3 Å². The Hall–Kier alpha value is -1.09. The van der Waals surface area contributed by atoms with Crippen molar-refractivity contribution >= 4 is 5.69 Å². The topological polar surface area (TPSA) is 15.3 Å². The predicted octanol–water partition coefficient (Wildman–Crippen LogP) is 2.85. The smallest absolute Gasteiger partial charge is 0.146 e. The molecule has 0 radical (unpaired) electrons. The summed E-state index contributed by atoms with van der Waals surface area (Å²) in [7, 11) is 0. The molecule has 1 saturated carbocycles. The van der Waals surface area contributed by atoms with Gasteiger partial charge in [0.25, 0.3) is 0 Å². The zero-order valence-corrected chi connectivity index (χ0v) is 11.0. The van der Waals surface area contributed by atoms with Gasteiger partial charge in [0.15, 0.2) is 0 Å². The zero-order chi connectivity index (χ0) is 12.5. The van der Waals surface area contributed by atoms with Crippen molar-refractivity contribution < 1.29 is 4.39 Å². The molecular weight excluding hydrogens is 227 g/mol. The number of nitrogens with one attached hydrogen (secondary N) is 1. The fourth-order valence-electron chi connectivity index (χ4n) is 3.40. The average molecular weight is 248 g/mol. The fraction of sp³-hybridized carbons (Fsp3) is 0.600. The highest BCUT2D eigenvalue weighted by Crippen LogP contribution is 2.31. The van der Waals surface area contributed by atoms with Crippen LogP contribution in [0.1, 0.15) is 31.2 Å². The van der Waals surface area contributed by atoms with Gasteiger partial charge in [0.05, 0.1) is 5.69 Å². The molecule has 0 spiro atoms. The first kappa shape index (κ1) is 12.0. The van der Waals surface area contributed by atoms with Crippen molar-refractivity contribution in [1.82, 2.24) is 5.32 Å². The summed E-state index contributed by atoms with van der Waals surface area (Å²) in [5.74, 6) is -0.0683. The number of halogens is 1. The van der Waals surface area contributed by atoms with E-state index in [2.05, 4.69) is 10.2 Å². The van der Waals surface area contributed by atoms with Crippen molar-refractivity contribution in [2.75, 3.05) is 18.0 Å². The van der Waals surface area contributed by atoms with Crippen LogP contribution in [0.2, 0.25) is 0 Å². The minimum absolute atomic E-state index is 0.0683. The number of rotatable bonds is 1. The third-order valence-electron chi connectivity index (χ3n) is 4.30. The van der Waals surface area contributed by atoms with Gasteiger partial charge in [-0.25, -0.2) is 4.39 Å². The van der Waals surface area contributed by atoms with E-state index in [-0.39, 0.29) is 5.82 Å². The molecule has 2 nitrogen and oxygen atoms in total. The first-order chi connectivity index (χ1) is 8.75. The third-order valence-corrected chi connectivity index (χ3v) is 4.30. The number of hydrogen-bond acceptors (Lipinski definition) is 2. The lowest BCUT2D eigenvalue weighted by atomic mass is 9.87. The van der Waals surface area contributed by atoms with E-state index < -0.39 is 0 Å². The van der Waals surface area contributed by atoms with Gasteiger partial charge >= 0.3 is 0 Å². The standard InChI is InChI=1S/C15H21FN2/c1-11-6-7-14(12(16)10-11)18-9-8-17-13-4-2-3-5-15(13)18/h6-7,10,13,15,17H,2-5,8-9H2,1H3/t13-,15-/m1/s1. The fourth-order valence-corrected chi connectivity index (χ4v) is 3.40. The van der Waals surface area contributed by atoms with E-state index in [1.165, 1.54) is 25.7 Å². The minimum Gasteiger partial charge on any atom is -0.363 e. The highest BCUT2D eigenvalue weighted by molar-refractivity contribution is 5.51. The summed E-state index contributed by atoms with van der Waals surface area (Å²) in [4.78, 5) is 2.29. The number of benzene rings is 1. The Labute approximate surface area is 108 Å². The van der Waals surface area contributed by atoms with Crippen molar-refractivity contribution in [3.63, 3.8) is 0 Å². The third kappa shape index (κ3) is 2.12. The van der Waals surface area contributed by atoms with E-state index in [0.29, 0.717) is 12.1 Å². The molecule has 0 bridgehead atoms. The summed E-state index contributed by atoms with van der Waals surface area (Å²) >= 11 is 0. The average Bonchev–Trinajstić information content (AvgIpc) is 2.38. The monoisotopic (exact) mass is 248 g/mol. The number of anilines is 1. The lowest BCUT2D eigenvalue weighted by Crippen LogP contribution is -2.59. The van der Waals surface area contributed by atoms with Crippen LogP contribution < -0.4 is 10.2 Å². The predicted molar refractivity (Wildman–Crippen MR) is 72.5 cm³/mol. The van der Waals surface area contributed by atoms with Crippen LogP contribution in [-0.4, -0.2) is 25.2 Å². The van der Waals surface area contributed by atoms with Crippen molar-refractivity contribution in [3.8, 4) is 0 Å². The quantitative estimate of drug-likeness (QED) is 0.822. The lowest BCUT2D eigenvalue weighted by Gasteiger charge is -2.46. The van der Waals surface area contributed by atoms with Gasteiger partial charge in [-0.15, -0.1) is 0 Å². The first-order valence-electron chi connectivity index (χ1n) is 7.02. The Balaban J connectivity index is 1.89. The summed E-state index contributed by atoms with van der Waals surface area (Å²) < 4.78 is 14.1. The molecule has 0 aromatic heterocycles. The molecule has 3 rings (SSSR count). The second kappa shape index (κ2) is 4.88. The summed E-state index contributed by atoms with van der Waals surface area (Å²) in [5.41, 5.74) is 1.78. The Bertz CT molecular complexity index is 431. The highest BCUT2D eigenvalue weighted by Gasteiger charge is 2.33. The van der Waals surface area contributed by atoms with Gasteiger partial charge in [-0.3, -0.25) is 0 Å². The van der Waals surface area contributed by atoms with Gasteiger partial charge in [0.2, 0.25) is 0 Å². The maximum atomic E-state index is 14.1. The van der Waals surface area contributed by atoms with Crippen LogP contribution in [0.25, 0.3) is 0 Å². The van der Waals surface area contributed by atoms with Crippen LogP contribution >= 0.6 is 0 Å². The summed E-state index contributed by atoms with van der Waals surface area (Å²) in [6, 6.07) is 6.63. The molecule has 98 valence electrons. The first-order valence-corrected chi connectivity index (χ1v) is 7.02. The maximum Gasteiger partial charge on any atom is 0.146 e. The molecule has 18 heavy (non-hydrogen) atoms. The molecule has 2 aliphatic rings. The Kier molecular flexibility index (Phi) is 3.25. The second-order valence-electron chi connectivity index (χ2n) is 5.56. The van der Waals surface area contributed by atoms with Gasteiger partial charge in [-0.2, -0.15) is 0 Å².